The van der Waals surface area contributed by atoms with Crippen LogP contribution in [0.3, 0.4) is 0 Å². The van der Waals surface area contributed by atoms with Crippen molar-refractivity contribution in [1.82, 2.24) is 9.97 Å². The van der Waals surface area contributed by atoms with Crippen molar-refractivity contribution in [2.45, 2.75) is 25.8 Å². The van der Waals surface area contributed by atoms with Crippen molar-refractivity contribution in [3.05, 3.63) is 58.6 Å². The lowest BCUT2D eigenvalue weighted by Gasteiger charge is -2.32. The van der Waals surface area contributed by atoms with Crippen molar-refractivity contribution in [1.29, 1.82) is 0 Å². The Morgan fingerprint density at radius 1 is 1.16 bits per heavy atom. The quantitative estimate of drug-likeness (QED) is 0.595. The van der Waals surface area contributed by atoms with Crippen molar-refractivity contribution in [2.75, 3.05) is 25.2 Å². The van der Waals surface area contributed by atoms with E-state index in [1.165, 1.54) is 4.90 Å². The van der Waals surface area contributed by atoms with Gasteiger partial charge in [0.2, 0.25) is 12.7 Å². The molecule has 8 nitrogen and oxygen atoms in total. The van der Waals surface area contributed by atoms with Gasteiger partial charge >= 0.3 is 0 Å². The number of ether oxygens (including phenoxy) is 2. The summed E-state index contributed by atoms with van der Waals surface area (Å²) in [7, 11) is 0. The van der Waals surface area contributed by atoms with Crippen LogP contribution >= 0.6 is 0 Å². The molecule has 0 aliphatic carbocycles. The number of benzene rings is 2. The summed E-state index contributed by atoms with van der Waals surface area (Å²) in [5.41, 5.74) is 1.32. The van der Waals surface area contributed by atoms with Gasteiger partial charge in [-0.1, -0.05) is 12.1 Å². The largest absolute Gasteiger partial charge is 0.454 e. The smallest absolute Gasteiger partial charge is 0.258 e. The summed E-state index contributed by atoms with van der Waals surface area (Å²) < 4.78 is 10.7. The maximum absolute atomic E-state index is 12.8. The number of hydrogen-bond donors (Lipinski definition) is 3. The van der Waals surface area contributed by atoms with Crippen LogP contribution in [0.2, 0.25) is 0 Å². The fourth-order valence-corrected chi connectivity index (χ4v) is 4.41. The molecule has 1 amide bonds. The average molecular weight is 421 g/mol. The molecular weight excluding hydrogens is 396 g/mol. The summed E-state index contributed by atoms with van der Waals surface area (Å²) in [6, 6.07) is 12.9. The number of aromatic nitrogens is 2. The number of fused-ring (bicyclic) bond motifs is 2. The Bertz CT molecular complexity index is 1180. The normalized spacial score (nSPS) is 21.1. The van der Waals surface area contributed by atoms with E-state index < -0.39 is 0 Å². The summed E-state index contributed by atoms with van der Waals surface area (Å²) in [6.07, 6.45) is 1.57. The van der Waals surface area contributed by atoms with Gasteiger partial charge in [-0.25, -0.2) is 4.98 Å². The molecule has 2 aliphatic rings. The number of hydrogen-bond acceptors (Lipinski definition) is 5. The lowest BCUT2D eigenvalue weighted by atomic mass is 9.94. The number of carbonyl (C=O) groups excluding carboxylic acids is 1. The molecule has 160 valence electrons. The lowest BCUT2D eigenvalue weighted by Crippen LogP contribution is -3.13. The Balaban J connectivity index is 1.22. The Morgan fingerprint density at radius 3 is 2.77 bits per heavy atom. The van der Waals surface area contributed by atoms with Crippen molar-refractivity contribution in [3.63, 3.8) is 0 Å². The van der Waals surface area contributed by atoms with Gasteiger partial charge in [0, 0.05) is 30.5 Å². The molecule has 2 aliphatic heterocycles. The molecule has 3 aromatic rings. The number of aromatic amines is 1. The molecule has 1 atom stereocenters. The zero-order valence-electron chi connectivity index (χ0n) is 17.3. The zero-order chi connectivity index (χ0) is 21.4. The first kappa shape index (κ1) is 19.6. The van der Waals surface area contributed by atoms with E-state index in [2.05, 4.69) is 22.2 Å². The second-order valence-electron chi connectivity index (χ2n) is 8.18. The average Bonchev–Trinajstić information content (AvgIpc) is 3.26. The number of quaternary nitrogens is 1. The van der Waals surface area contributed by atoms with Gasteiger partial charge in [0.15, 0.2) is 17.3 Å². The predicted octanol–water partition coefficient (Wildman–Crippen LogP) is 1.65. The summed E-state index contributed by atoms with van der Waals surface area (Å²) >= 11 is 0. The fraction of sp³-hybridized carbons (Fsp3) is 0.348. The third kappa shape index (κ3) is 3.86. The predicted molar refractivity (Wildman–Crippen MR) is 115 cm³/mol. The van der Waals surface area contributed by atoms with Crippen molar-refractivity contribution in [2.24, 2.45) is 5.92 Å². The minimum atomic E-state index is -0.107. The van der Waals surface area contributed by atoms with Gasteiger partial charge in [-0.2, -0.15) is 0 Å². The van der Waals surface area contributed by atoms with Crippen LogP contribution in [0, 0.1) is 5.92 Å². The maximum atomic E-state index is 12.8. The summed E-state index contributed by atoms with van der Waals surface area (Å²) in [4.78, 5) is 34.1. The second-order valence-corrected chi connectivity index (χ2v) is 8.18. The van der Waals surface area contributed by atoms with E-state index in [1.807, 2.05) is 30.3 Å². The number of carbonyl (C=O) groups is 1. The summed E-state index contributed by atoms with van der Waals surface area (Å²) in [6.45, 7) is 3.98. The number of rotatable bonds is 4. The van der Waals surface area contributed by atoms with E-state index in [1.54, 1.807) is 12.1 Å². The molecule has 8 heteroatoms. The molecule has 0 bridgehead atoms. The molecular formula is C23H25N4O4+. The molecule has 5 rings (SSSR count). The Hall–Kier alpha value is -3.39. The maximum Gasteiger partial charge on any atom is 0.258 e. The molecule has 0 unspecified atom stereocenters. The molecule has 2 aromatic carbocycles. The van der Waals surface area contributed by atoms with Gasteiger partial charge in [-0.05, 0) is 31.2 Å². The molecule has 0 saturated carbocycles. The highest BCUT2D eigenvalue weighted by atomic mass is 16.7. The first-order chi connectivity index (χ1) is 15.1. The Labute approximate surface area is 179 Å². The van der Waals surface area contributed by atoms with E-state index >= 15 is 0 Å². The highest BCUT2D eigenvalue weighted by molar-refractivity contribution is 5.93. The third-order valence-corrected chi connectivity index (χ3v) is 6.29. The van der Waals surface area contributed by atoms with Crippen LogP contribution in [0.25, 0.3) is 10.9 Å². The van der Waals surface area contributed by atoms with Gasteiger partial charge in [0.25, 0.3) is 5.56 Å². The first-order valence-corrected chi connectivity index (χ1v) is 10.6. The molecule has 31 heavy (non-hydrogen) atoms. The van der Waals surface area contributed by atoms with E-state index in [4.69, 9.17) is 9.47 Å². The number of H-pyrrole nitrogens is 1. The third-order valence-electron chi connectivity index (χ3n) is 6.29. The molecule has 3 N–H and O–H groups in total. The lowest BCUT2D eigenvalue weighted by molar-refractivity contribution is -0.935. The van der Waals surface area contributed by atoms with Gasteiger partial charge in [0.05, 0.1) is 24.0 Å². The fourth-order valence-electron chi connectivity index (χ4n) is 4.41. The number of nitrogens with zero attached hydrogens (tertiary/aromatic N) is 1. The van der Waals surface area contributed by atoms with Crippen LogP contribution < -0.4 is 25.2 Å². The number of piperidine rings is 1. The number of anilines is 1. The minimum absolute atomic E-state index is 0.0304. The van der Waals surface area contributed by atoms with Crippen molar-refractivity contribution in [3.8, 4) is 11.5 Å². The molecule has 1 fully saturated rings. The van der Waals surface area contributed by atoms with E-state index in [-0.39, 0.29) is 30.2 Å². The Morgan fingerprint density at radius 2 is 1.94 bits per heavy atom. The molecule has 0 radical (unpaired) electrons. The van der Waals surface area contributed by atoms with Crippen LogP contribution in [0.1, 0.15) is 31.6 Å². The molecule has 3 heterocycles. The number of para-hydroxylation sites is 1. The van der Waals surface area contributed by atoms with Crippen LogP contribution in [0.4, 0.5) is 5.69 Å². The minimum Gasteiger partial charge on any atom is -0.454 e. The van der Waals surface area contributed by atoms with Crippen molar-refractivity contribution >= 4 is 22.5 Å². The monoisotopic (exact) mass is 421 g/mol. The number of nitrogens with one attached hydrogen (secondary N) is 3. The highest BCUT2D eigenvalue weighted by Crippen LogP contribution is 2.34. The summed E-state index contributed by atoms with van der Waals surface area (Å²) in [5, 5.41) is 3.61. The first-order valence-electron chi connectivity index (χ1n) is 10.6. The van der Waals surface area contributed by atoms with Crippen LogP contribution in [0.5, 0.6) is 11.5 Å². The van der Waals surface area contributed by atoms with Gasteiger partial charge < -0.3 is 24.7 Å². The van der Waals surface area contributed by atoms with Gasteiger partial charge in [-0.3, -0.25) is 9.59 Å². The van der Waals surface area contributed by atoms with Crippen molar-refractivity contribution < 1.29 is 19.2 Å². The Kier molecular flexibility index (Phi) is 5.07. The molecule has 1 saturated heterocycles. The van der Waals surface area contributed by atoms with E-state index in [9.17, 15) is 9.59 Å². The van der Waals surface area contributed by atoms with Crippen LogP contribution in [-0.4, -0.2) is 35.8 Å². The molecule has 0 spiro atoms. The van der Waals surface area contributed by atoms with Crippen LogP contribution in [-0.2, 0) is 4.79 Å². The zero-order valence-corrected chi connectivity index (χ0v) is 17.3. The second kappa shape index (κ2) is 8.03. The number of likely N-dealkylation sites (tertiary alicyclic amines) is 1. The highest BCUT2D eigenvalue weighted by Gasteiger charge is 2.32. The van der Waals surface area contributed by atoms with E-state index in [0.29, 0.717) is 28.2 Å². The summed E-state index contributed by atoms with van der Waals surface area (Å²) in [5.74, 6) is 2.04. The van der Waals surface area contributed by atoms with Gasteiger partial charge in [0.1, 0.15) is 6.04 Å². The van der Waals surface area contributed by atoms with Crippen LogP contribution in [0.15, 0.2) is 47.3 Å². The number of amides is 1. The van der Waals surface area contributed by atoms with E-state index in [0.717, 1.165) is 31.6 Å². The SMILES string of the molecule is C[C@@H](c1nc2ccccc2c(=O)[nH]1)[NH+]1CCC(C(=O)Nc2ccc3c(c2)OCO3)CC1. The molecule has 1 aromatic heterocycles. The topological polar surface area (TPSA) is 97.8 Å². The van der Waals surface area contributed by atoms with Gasteiger partial charge in [-0.15, -0.1) is 0 Å². The standard InChI is InChI=1S/C23H24N4O4/c1-14(21-25-18-5-3-2-4-17(18)23(29)26-21)27-10-8-15(9-11-27)22(28)24-16-6-7-19-20(12-16)31-13-30-19/h2-7,12,14-15H,8-11,13H2,1H3,(H,24,28)(H,25,26,29)/p+1/t14-/m0/s1.